The number of thiol groups is 1. The van der Waals surface area contributed by atoms with Gasteiger partial charge in [-0.2, -0.15) is 12.6 Å². The van der Waals surface area contributed by atoms with Gasteiger partial charge in [0.25, 0.3) is 0 Å². The molecule has 0 atom stereocenters. The first-order chi connectivity index (χ1) is 10.1. The SMILES string of the molecule is C/C=C(\C=C/CC)CCOc1ccc(CS)cc1C(=O)O. The van der Waals surface area contributed by atoms with Crippen LogP contribution in [0.4, 0.5) is 0 Å². The molecule has 0 spiro atoms. The highest BCUT2D eigenvalue weighted by Crippen LogP contribution is 2.22. The summed E-state index contributed by atoms with van der Waals surface area (Å²) < 4.78 is 5.63. The minimum atomic E-state index is -0.981. The van der Waals surface area contributed by atoms with Gasteiger partial charge in [0.15, 0.2) is 0 Å². The summed E-state index contributed by atoms with van der Waals surface area (Å²) in [6.45, 7) is 4.52. The van der Waals surface area contributed by atoms with Crippen molar-refractivity contribution in [3.63, 3.8) is 0 Å². The smallest absolute Gasteiger partial charge is 0.339 e. The lowest BCUT2D eigenvalue weighted by atomic mass is 10.1. The molecule has 1 N–H and O–H groups in total. The van der Waals surface area contributed by atoms with Gasteiger partial charge in [0.2, 0.25) is 0 Å². The van der Waals surface area contributed by atoms with E-state index in [1.54, 1.807) is 12.1 Å². The summed E-state index contributed by atoms with van der Waals surface area (Å²) in [6, 6.07) is 5.15. The molecule has 0 heterocycles. The lowest BCUT2D eigenvalue weighted by Crippen LogP contribution is -2.05. The maximum atomic E-state index is 11.3. The van der Waals surface area contributed by atoms with Crippen molar-refractivity contribution in [2.75, 3.05) is 6.61 Å². The molecule has 0 fully saturated rings. The van der Waals surface area contributed by atoms with Gasteiger partial charge in [-0.3, -0.25) is 0 Å². The summed E-state index contributed by atoms with van der Waals surface area (Å²) in [5.74, 6) is -0.0702. The van der Waals surface area contributed by atoms with Crippen LogP contribution >= 0.6 is 12.6 Å². The van der Waals surface area contributed by atoms with Crippen molar-refractivity contribution in [3.05, 3.63) is 53.1 Å². The van der Waals surface area contributed by atoms with Gasteiger partial charge in [0.1, 0.15) is 11.3 Å². The summed E-state index contributed by atoms with van der Waals surface area (Å²) in [5.41, 5.74) is 2.23. The van der Waals surface area contributed by atoms with Crippen LogP contribution in [0, 0.1) is 0 Å². The number of carboxylic acid groups (broad SMARTS) is 1. The fourth-order valence-electron chi connectivity index (χ4n) is 1.84. The van der Waals surface area contributed by atoms with E-state index in [4.69, 9.17) is 4.74 Å². The highest BCUT2D eigenvalue weighted by Gasteiger charge is 2.12. The first-order valence-corrected chi connectivity index (χ1v) is 7.67. The number of benzene rings is 1. The van der Waals surface area contributed by atoms with Crippen LogP contribution in [-0.4, -0.2) is 17.7 Å². The van der Waals surface area contributed by atoms with E-state index in [0.29, 0.717) is 18.1 Å². The van der Waals surface area contributed by atoms with Crippen LogP contribution in [0.5, 0.6) is 5.75 Å². The molecule has 4 heteroatoms. The maximum absolute atomic E-state index is 11.3. The lowest BCUT2D eigenvalue weighted by Gasteiger charge is -2.10. The summed E-state index contributed by atoms with van der Waals surface area (Å²) >= 11 is 4.15. The minimum Gasteiger partial charge on any atom is -0.492 e. The summed E-state index contributed by atoms with van der Waals surface area (Å²) in [5, 5.41) is 9.23. The van der Waals surface area contributed by atoms with E-state index in [2.05, 4.69) is 31.7 Å². The van der Waals surface area contributed by atoms with Gasteiger partial charge >= 0.3 is 5.97 Å². The van der Waals surface area contributed by atoms with Crippen LogP contribution in [0.1, 0.15) is 42.6 Å². The Kier molecular flexibility index (Phi) is 7.69. The molecule has 114 valence electrons. The Labute approximate surface area is 131 Å². The molecule has 0 unspecified atom stereocenters. The molecule has 0 aliphatic heterocycles. The minimum absolute atomic E-state index is 0.188. The van der Waals surface area contributed by atoms with E-state index < -0.39 is 5.97 Å². The molecule has 0 aliphatic carbocycles. The predicted molar refractivity (Wildman–Crippen MR) is 89.4 cm³/mol. The Morgan fingerprint density at radius 1 is 1.43 bits per heavy atom. The quantitative estimate of drug-likeness (QED) is 0.549. The van der Waals surface area contributed by atoms with Crippen molar-refractivity contribution >= 4 is 18.6 Å². The zero-order valence-corrected chi connectivity index (χ0v) is 13.4. The number of hydrogen-bond acceptors (Lipinski definition) is 3. The Morgan fingerprint density at radius 3 is 2.76 bits per heavy atom. The number of allylic oxidation sites excluding steroid dienone is 3. The lowest BCUT2D eigenvalue weighted by molar-refractivity contribution is 0.0692. The first-order valence-electron chi connectivity index (χ1n) is 7.04. The molecule has 0 radical (unpaired) electrons. The monoisotopic (exact) mass is 306 g/mol. The van der Waals surface area contributed by atoms with Crippen LogP contribution in [0.25, 0.3) is 0 Å². The van der Waals surface area contributed by atoms with Crippen LogP contribution < -0.4 is 4.74 Å². The third kappa shape index (κ3) is 5.68. The highest BCUT2D eigenvalue weighted by atomic mass is 32.1. The van der Waals surface area contributed by atoms with Gasteiger partial charge in [-0.15, -0.1) is 0 Å². The first kappa shape index (κ1) is 17.4. The van der Waals surface area contributed by atoms with Crippen molar-refractivity contribution in [2.24, 2.45) is 0 Å². The van der Waals surface area contributed by atoms with Crippen molar-refractivity contribution < 1.29 is 14.6 Å². The molecule has 1 aromatic rings. The van der Waals surface area contributed by atoms with Gasteiger partial charge in [-0.05, 0) is 36.6 Å². The van der Waals surface area contributed by atoms with E-state index in [1.165, 1.54) is 5.57 Å². The standard InChI is InChI=1S/C17H22O3S/c1-3-5-6-13(4-2)9-10-20-16-8-7-14(12-21)11-15(16)17(18)19/h4-8,11,21H,3,9-10,12H2,1-2H3,(H,18,19)/b6-5-,13-4+. The Morgan fingerprint density at radius 2 is 2.19 bits per heavy atom. The second-order valence-electron chi connectivity index (χ2n) is 4.57. The fraction of sp³-hybridized carbons (Fsp3) is 0.353. The molecule has 1 aromatic carbocycles. The number of carbonyl (C=O) groups is 1. The third-order valence-corrected chi connectivity index (χ3v) is 3.41. The molecule has 3 nitrogen and oxygen atoms in total. The van der Waals surface area contributed by atoms with Crippen molar-refractivity contribution in [1.82, 2.24) is 0 Å². The van der Waals surface area contributed by atoms with Gasteiger partial charge in [0.05, 0.1) is 6.61 Å². The average molecular weight is 306 g/mol. The number of ether oxygens (including phenoxy) is 1. The van der Waals surface area contributed by atoms with Crippen molar-refractivity contribution in [2.45, 2.75) is 32.4 Å². The molecular formula is C17H22O3S. The number of carboxylic acids is 1. The topological polar surface area (TPSA) is 46.5 Å². The van der Waals surface area contributed by atoms with Gasteiger partial charge in [-0.1, -0.05) is 31.2 Å². The molecular weight excluding hydrogens is 284 g/mol. The molecule has 0 saturated heterocycles. The summed E-state index contributed by atoms with van der Waals surface area (Å²) in [7, 11) is 0. The fourth-order valence-corrected chi connectivity index (χ4v) is 2.04. The number of hydrogen-bond donors (Lipinski definition) is 2. The van der Waals surface area contributed by atoms with E-state index in [0.717, 1.165) is 18.4 Å². The van der Waals surface area contributed by atoms with E-state index in [1.807, 2.05) is 19.1 Å². The van der Waals surface area contributed by atoms with Gasteiger partial charge in [-0.25, -0.2) is 4.79 Å². The van der Waals surface area contributed by atoms with Crippen LogP contribution in [0.2, 0.25) is 0 Å². The molecule has 21 heavy (non-hydrogen) atoms. The Balaban J connectivity index is 2.71. The second-order valence-corrected chi connectivity index (χ2v) is 4.88. The number of rotatable bonds is 8. The molecule has 0 amide bonds. The summed E-state index contributed by atoms with van der Waals surface area (Å²) in [4.78, 5) is 11.3. The second kappa shape index (κ2) is 9.29. The van der Waals surface area contributed by atoms with E-state index in [9.17, 15) is 9.90 Å². The normalized spacial score (nSPS) is 11.9. The number of aromatic carboxylic acids is 1. The highest BCUT2D eigenvalue weighted by molar-refractivity contribution is 7.79. The summed E-state index contributed by atoms with van der Waals surface area (Å²) in [6.07, 6.45) is 7.95. The molecule has 0 bridgehead atoms. The van der Waals surface area contributed by atoms with Crippen molar-refractivity contribution in [1.29, 1.82) is 0 Å². The Hall–Kier alpha value is -1.68. The van der Waals surface area contributed by atoms with E-state index >= 15 is 0 Å². The largest absolute Gasteiger partial charge is 0.492 e. The van der Waals surface area contributed by atoms with Crippen LogP contribution in [0.15, 0.2) is 42.0 Å². The zero-order valence-electron chi connectivity index (χ0n) is 12.5. The predicted octanol–water partition coefficient (Wildman–Crippen LogP) is 4.50. The maximum Gasteiger partial charge on any atom is 0.339 e. The zero-order chi connectivity index (χ0) is 15.7. The Bertz CT molecular complexity index is 533. The molecule has 0 aromatic heterocycles. The van der Waals surface area contributed by atoms with Crippen LogP contribution in [0.3, 0.4) is 0 Å². The third-order valence-electron chi connectivity index (χ3n) is 3.04. The molecule has 0 saturated carbocycles. The van der Waals surface area contributed by atoms with E-state index in [-0.39, 0.29) is 5.56 Å². The van der Waals surface area contributed by atoms with Crippen molar-refractivity contribution in [3.8, 4) is 5.75 Å². The van der Waals surface area contributed by atoms with Gasteiger partial charge in [0, 0.05) is 12.2 Å². The van der Waals surface area contributed by atoms with Gasteiger partial charge < -0.3 is 9.84 Å². The molecule has 0 aliphatic rings. The average Bonchev–Trinajstić information content (AvgIpc) is 2.50. The molecule has 1 rings (SSSR count). The van der Waals surface area contributed by atoms with Crippen LogP contribution in [-0.2, 0) is 5.75 Å².